The Morgan fingerprint density at radius 3 is 2.21 bits per heavy atom. The molecule has 4 atom stereocenters. The lowest BCUT2D eigenvalue weighted by Crippen LogP contribution is -2.67. The van der Waals surface area contributed by atoms with Crippen LogP contribution in [0.4, 0.5) is 0 Å². The van der Waals surface area contributed by atoms with Gasteiger partial charge < -0.3 is 20.4 Å². The van der Waals surface area contributed by atoms with Gasteiger partial charge in [0.05, 0.1) is 5.56 Å². The third-order valence-corrected chi connectivity index (χ3v) is 10.2. The maximum Gasteiger partial charge on any atom is 0.209 e. The summed E-state index contributed by atoms with van der Waals surface area (Å²) in [4.78, 5) is 53.3. The molecule has 43 heavy (non-hydrogen) atoms. The number of aliphatic hydroxyl groups is 3. The number of ketones is 4. The highest BCUT2D eigenvalue weighted by molar-refractivity contribution is 6.25. The molecule has 0 saturated carbocycles. The number of benzene rings is 1. The monoisotopic (exact) mass is 594 g/mol. The van der Waals surface area contributed by atoms with Crippen LogP contribution < -0.4 is 0 Å². The number of aromatic hydroxyl groups is 1. The first-order valence-electron chi connectivity index (χ1n) is 15.5. The summed E-state index contributed by atoms with van der Waals surface area (Å²) in [6.45, 7) is 14.1. The zero-order valence-electron chi connectivity index (χ0n) is 26.7. The minimum Gasteiger partial charge on any atom is -0.511 e. The number of unbranched alkanes of at least 4 members (excludes halogenated alkanes) is 1. The number of rotatable bonds is 9. The van der Waals surface area contributed by atoms with E-state index in [1.165, 1.54) is 0 Å². The summed E-state index contributed by atoms with van der Waals surface area (Å²) in [5.74, 6) is -5.20. The molecule has 234 valence electrons. The third kappa shape index (κ3) is 4.68. The number of aryl methyl sites for hydroxylation is 1. The first-order chi connectivity index (χ1) is 19.9. The van der Waals surface area contributed by atoms with Crippen LogP contribution in [-0.2, 0) is 27.2 Å². The summed E-state index contributed by atoms with van der Waals surface area (Å²) in [5.41, 5.74) is -3.93. The average molecular weight is 595 g/mol. The highest BCUT2D eigenvalue weighted by Gasteiger charge is 2.71. The van der Waals surface area contributed by atoms with Crippen LogP contribution in [0.1, 0.15) is 120 Å². The number of Topliss-reactive ketones (excluding diaryl/α,β-unsaturated/α-hetero) is 4. The molecule has 0 fully saturated rings. The quantitative estimate of drug-likeness (QED) is 0.248. The Bertz CT molecular complexity index is 1480. The van der Waals surface area contributed by atoms with Crippen molar-refractivity contribution in [3.63, 3.8) is 0 Å². The van der Waals surface area contributed by atoms with Gasteiger partial charge in [-0.2, -0.15) is 0 Å². The van der Waals surface area contributed by atoms with Crippen LogP contribution in [0.5, 0.6) is 5.75 Å². The summed E-state index contributed by atoms with van der Waals surface area (Å²) in [6, 6.07) is 1.87. The minimum absolute atomic E-state index is 0.0160. The summed E-state index contributed by atoms with van der Waals surface area (Å²) < 4.78 is 0. The summed E-state index contributed by atoms with van der Waals surface area (Å²) in [5, 5.41) is 46.9. The highest BCUT2D eigenvalue weighted by Crippen LogP contribution is 2.65. The van der Waals surface area contributed by atoms with E-state index in [1.807, 2.05) is 40.7 Å². The van der Waals surface area contributed by atoms with Gasteiger partial charge in [0, 0.05) is 35.2 Å². The van der Waals surface area contributed by atoms with Crippen LogP contribution in [0.25, 0.3) is 0 Å². The van der Waals surface area contributed by atoms with Gasteiger partial charge in [-0.3, -0.25) is 19.2 Å². The standard InChI is InChI=1S/C35H46O8/c1-9-10-11-21(37)13-12-20-14-22(17(2)3)23-15-33(7)16-34(8)26(18(4)5)29(39)24(19(6)36)31(41)35(34,43)32(42)27(33)30(40)25(23)28(20)38/h14,17-18,26,38-39,42-43H,9-13,15-16H2,1-8H3/t26?,33-,34-,35+/m1/s1. The molecule has 0 amide bonds. The van der Waals surface area contributed by atoms with Gasteiger partial charge in [0.1, 0.15) is 28.6 Å². The number of hydrogen-bond acceptors (Lipinski definition) is 8. The van der Waals surface area contributed by atoms with Gasteiger partial charge in [-0.1, -0.05) is 61.0 Å². The van der Waals surface area contributed by atoms with Gasteiger partial charge in [0.15, 0.2) is 17.2 Å². The van der Waals surface area contributed by atoms with Crippen molar-refractivity contribution in [1.29, 1.82) is 0 Å². The molecule has 8 heteroatoms. The summed E-state index contributed by atoms with van der Waals surface area (Å²) >= 11 is 0. The van der Waals surface area contributed by atoms with Crippen LogP contribution in [0.15, 0.2) is 28.7 Å². The number of carbonyl (C=O) groups is 4. The van der Waals surface area contributed by atoms with E-state index >= 15 is 0 Å². The van der Waals surface area contributed by atoms with E-state index < -0.39 is 56.8 Å². The normalized spacial score (nSPS) is 28.8. The summed E-state index contributed by atoms with van der Waals surface area (Å²) in [7, 11) is 0. The van der Waals surface area contributed by atoms with Crippen LogP contribution in [-0.4, -0.2) is 49.2 Å². The van der Waals surface area contributed by atoms with E-state index in [1.54, 1.807) is 13.8 Å². The number of hydrogen-bond donors (Lipinski definition) is 4. The molecule has 0 radical (unpaired) electrons. The Morgan fingerprint density at radius 2 is 1.67 bits per heavy atom. The fourth-order valence-electron chi connectivity index (χ4n) is 8.36. The fraction of sp³-hybridized carbons (Fsp3) is 0.600. The second-order valence-electron chi connectivity index (χ2n) is 14.1. The van der Waals surface area contributed by atoms with E-state index in [9.17, 15) is 39.6 Å². The van der Waals surface area contributed by atoms with Gasteiger partial charge >= 0.3 is 0 Å². The highest BCUT2D eigenvalue weighted by atomic mass is 16.3. The maximum absolute atomic E-state index is 14.4. The number of aliphatic hydroxyl groups excluding tert-OH is 2. The van der Waals surface area contributed by atoms with Crippen molar-refractivity contribution in [2.24, 2.45) is 22.7 Å². The molecule has 0 heterocycles. The molecule has 1 unspecified atom stereocenters. The Hall–Kier alpha value is -3.26. The van der Waals surface area contributed by atoms with E-state index in [4.69, 9.17) is 0 Å². The molecular formula is C35H46O8. The molecule has 3 aliphatic rings. The molecule has 0 saturated heterocycles. The van der Waals surface area contributed by atoms with Crippen molar-refractivity contribution < 1.29 is 39.6 Å². The zero-order valence-corrected chi connectivity index (χ0v) is 26.7. The second-order valence-corrected chi connectivity index (χ2v) is 14.1. The Kier molecular flexibility index (Phi) is 8.37. The topological polar surface area (TPSA) is 149 Å². The largest absolute Gasteiger partial charge is 0.511 e. The van der Waals surface area contributed by atoms with Crippen molar-refractivity contribution in [2.45, 2.75) is 112 Å². The molecule has 1 aromatic rings. The van der Waals surface area contributed by atoms with Gasteiger partial charge in [0.2, 0.25) is 5.78 Å². The molecule has 1 aromatic carbocycles. The van der Waals surface area contributed by atoms with E-state index in [0.29, 0.717) is 17.5 Å². The number of carbonyl (C=O) groups excluding carboxylic acids is 4. The minimum atomic E-state index is -2.64. The molecule has 0 spiro atoms. The first kappa shape index (κ1) is 32.6. The Morgan fingerprint density at radius 1 is 1.05 bits per heavy atom. The molecule has 0 aromatic heterocycles. The number of phenolic OH excluding ortho intramolecular Hbond substituents is 1. The Labute approximate surface area is 253 Å². The van der Waals surface area contributed by atoms with Crippen LogP contribution >= 0.6 is 0 Å². The molecule has 4 rings (SSSR count). The Balaban J connectivity index is 1.96. The van der Waals surface area contributed by atoms with Gasteiger partial charge in [0.25, 0.3) is 0 Å². The van der Waals surface area contributed by atoms with Crippen molar-refractivity contribution in [1.82, 2.24) is 0 Å². The van der Waals surface area contributed by atoms with E-state index in [0.717, 1.165) is 25.3 Å². The lowest BCUT2D eigenvalue weighted by atomic mass is 9.44. The predicted octanol–water partition coefficient (Wildman–Crippen LogP) is 6.16. The number of phenols is 1. The molecule has 0 aliphatic heterocycles. The van der Waals surface area contributed by atoms with Gasteiger partial charge in [-0.15, -0.1) is 0 Å². The third-order valence-electron chi connectivity index (χ3n) is 10.2. The predicted molar refractivity (Wildman–Crippen MR) is 162 cm³/mol. The zero-order chi connectivity index (χ0) is 32.4. The van der Waals surface area contributed by atoms with Gasteiger partial charge in [-0.25, -0.2) is 0 Å². The van der Waals surface area contributed by atoms with E-state index in [2.05, 4.69) is 0 Å². The average Bonchev–Trinajstić information content (AvgIpc) is 2.88. The number of fused-ring (bicyclic) bond motifs is 3. The molecule has 0 bridgehead atoms. The second kappa shape index (κ2) is 11.0. The van der Waals surface area contributed by atoms with Crippen molar-refractivity contribution in [3.05, 3.63) is 51.0 Å². The first-order valence-corrected chi connectivity index (χ1v) is 15.5. The number of allylic oxidation sites excluding steroid dienone is 2. The van der Waals surface area contributed by atoms with Crippen LogP contribution in [0.3, 0.4) is 0 Å². The molecule has 3 aliphatic carbocycles. The fourth-order valence-corrected chi connectivity index (χ4v) is 8.36. The van der Waals surface area contributed by atoms with Crippen molar-refractivity contribution in [3.8, 4) is 5.75 Å². The van der Waals surface area contributed by atoms with Crippen molar-refractivity contribution >= 4 is 23.1 Å². The summed E-state index contributed by atoms with van der Waals surface area (Å²) in [6.07, 6.45) is 2.89. The van der Waals surface area contributed by atoms with Crippen LogP contribution in [0.2, 0.25) is 0 Å². The lowest BCUT2D eigenvalue weighted by molar-refractivity contribution is -0.171. The van der Waals surface area contributed by atoms with Crippen molar-refractivity contribution in [2.75, 3.05) is 0 Å². The van der Waals surface area contributed by atoms with E-state index in [-0.39, 0.29) is 60.2 Å². The smallest absolute Gasteiger partial charge is 0.209 e. The SMILES string of the molecule is CCCCC(=O)CCc1cc(C(C)C)c2c(c1O)C(=O)C1=C(O)[C@@]3(O)C(=O)C(C(C)=O)=C(O)C(C(C)C)[C@@]3(C)C[C@@]1(C)C2. The molecule has 8 nitrogen and oxygen atoms in total. The van der Waals surface area contributed by atoms with Crippen LogP contribution in [0, 0.1) is 22.7 Å². The lowest BCUT2D eigenvalue weighted by Gasteiger charge is -2.59. The molecule has 4 N–H and O–H groups in total. The van der Waals surface area contributed by atoms with Gasteiger partial charge in [-0.05, 0) is 61.1 Å². The maximum atomic E-state index is 14.4. The molecular weight excluding hydrogens is 548 g/mol.